The van der Waals surface area contributed by atoms with Gasteiger partial charge in [0.15, 0.2) is 5.78 Å². The molecule has 1 atom stereocenters. The molecule has 1 aliphatic rings. The van der Waals surface area contributed by atoms with E-state index >= 15 is 0 Å². The molecule has 0 aliphatic carbocycles. The Morgan fingerprint density at radius 1 is 1.56 bits per heavy atom. The number of ketones is 1. The van der Waals surface area contributed by atoms with Crippen LogP contribution in [0.5, 0.6) is 0 Å². The Hall–Kier alpha value is -1.21. The average Bonchev–Trinajstić information content (AvgIpc) is 2.26. The lowest BCUT2D eigenvalue weighted by molar-refractivity contribution is -0.114. The van der Waals surface area contributed by atoms with Crippen molar-refractivity contribution in [1.82, 2.24) is 5.32 Å². The second-order valence-electron chi connectivity index (χ2n) is 4.96. The molecule has 3 nitrogen and oxygen atoms in total. The molecule has 0 aromatic heterocycles. The maximum atomic E-state index is 11.8. The van der Waals surface area contributed by atoms with Gasteiger partial charge in [0.25, 0.3) is 0 Å². The number of Topliss-reactive ketones (excluding diaryl/α,β-unsaturated/α-hetero) is 1. The predicted octanol–water partition coefficient (Wildman–Crippen LogP) is 3.21. The largest absolute Gasteiger partial charge is 0.353 e. The molecule has 0 bridgehead atoms. The molecule has 4 heteroatoms. The van der Waals surface area contributed by atoms with Gasteiger partial charge in [0.2, 0.25) is 0 Å². The molecule has 0 aromatic carbocycles. The fourth-order valence-electron chi connectivity index (χ4n) is 2.38. The molecule has 1 aliphatic heterocycles. The first-order valence-corrected chi connectivity index (χ1v) is 7.31. The van der Waals surface area contributed by atoms with Crippen molar-refractivity contribution in [3.63, 3.8) is 0 Å². The SMILES string of the molecule is CSC1=C(C#N)[C@@H](CC(C)C)C(C(C)=O)=C(C)N1. The van der Waals surface area contributed by atoms with Gasteiger partial charge in [-0.05, 0) is 32.4 Å². The highest BCUT2D eigenvalue weighted by Crippen LogP contribution is 2.36. The van der Waals surface area contributed by atoms with Crippen LogP contribution in [0.2, 0.25) is 0 Å². The summed E-state index contributed by atoms with van der Waals surface area (Å²) in [6.07, 6.45) is 2.78. The number of hydrogen-bond donors (Lipinski definition) is 1. The molecular weight excluding hydrogens is 244 g/mol. The summed E-state index contributed by atoms with van der Waals surface area (Å²) >= 11 is 1.53. The molecule has 1 heterocycles. The first kappa shape index (κ1) is 14.8. The molecule has 0 spiro atoms. The number of hydrogen-bond acceptors (Lipinski definition) is 4. The first-order valence-electron chi connectivity index (χ1n) is 6.09. The zero-order valence-electron chi connectivity index (χ0n) is 11.6. The number of nitrogens with zero attached hydrogens (tertiary/aromatic N) is 1. The molecule has 1 N–H and O–H groups in total. The van der Waals surface area contributed by atoms with Gasteiger partial charge in [-0.15, -0.1) is 11.8 Å². The third-order valence-electron chi connectivity index (χ3n) is 3.06. The van der Waals surface area contributed by atoms with Crippen molar-refractivity contribution < 1.29 is 4.79 Å². The highest BCUT2D eigenvalue weighted by atomic mass is 32.2. The summed E-state index contributed by atoms with van der Waals surface area (Å²) < 4.78 is 0. The molecule has 0 unspecified atom stereocenters. The average molecular weight is 264 g/mol. The molecule has 18 heavy (non-hydrogen) atoms. The van der Waals surface area contributed by atoms with Crippen LogP contribution < -0.4 is 5.32 Å². The lowest BCUT2D eigenvalue weighted by atomic mass is 9.81. The van der Waals surface area contributed by atoms with Crippen LogP contribution in [0.25, 0.3) is 0 Å². The number of dihydropyridines is 1. The Kier molecular flexibility index (Phi) is 5.03. The summed E-state index contributed by atoms with van der Waals surface area (Å²) in [5, 5.41) is 13.4. The van der Waals surface area contributed by atoms with E-state index in [1.54, 1.807) is 6.92 Å². The normalized spacial score (nSPS) is 19.9. The smallest absolute Gasteiger partial charge is 0.158 e. The molecule has 0 radical (unpaired) electrons. The maximum Gasteiger partial charge on any atom is 0.158 e. The Morgan fingerprint density at radius 2 is 2.17 bits per heavy atom. The van der Waals surface area contributed by atoms with E-state index in [1.165, 1.54) is 11.8 Å². The topological polar surface area (TPSA) is 52.9 Å². The van der Waals surface area contributed by atoms with Gasteiger partial charge >= 0.3 is 0 Å². The number of rotatable bonds is 4. The van der Waals surface area contributed by atoms with Gasteiger partial charge in [0.1, 0.15) is 0 Å². The Labute approximate surface area is 113 Å². The third kappa shape index (κ3) is 2.97. The summed E-state index contributed by atoms with van der Waals surface area (Å²) in [5.74, 6) is 0.441. The van der Waals surface area contributed by atoms with E-state index in [0.717, 1.165) is 22.7 Å². The molecule has 98 valence electrons. The molecule has 0 saturated carbocycles. The second kappa shape index (κ2) is 6.10. The molecule has 0 aromatic rings. The van der Waals surface area contributed by atoms with Crippen molar-refractivity contribution in [2.45, 2.75) is 34.1 Å². The van der Waals surface area contributed by atoms with Gasteiger partial charge in [-0.3, -0.25) is 4.79 Å². The summed E-state index contributed by atoms with van der Waals surface area (Å²) in [4.78, 5) is 11.8. The van der Waals surface area contributed by atoms with E-state index in [4.69, 9.17) is 0 Å². The number of thioether (sulfide) groups is 1. The zero-order chi connectivity index (χ0) is 13.9. The van der Waals surface area contributed by atoms with Crippen LogP contribution in [0.1, 0.15) is 34.1 Å². The van der Waals surface area contributed by atoms with Crippen LogP contribution in [0.4, 0.5) is 0 Å². The van der Waals surface area contributed by atoms with Gasteiger partial charge in [0.05, 0.1) is 16.7 Å². The van der Waals surface area contributed by atoms with Gasteiger partial charge in [-0.1, -0.05) is 13.8 Å². The van der Waals surface area contributed by atoms with Crippen LogP contribution in [-0.2, 0) is 4.79 Å². The van der Waals surface area contributed by atoms with Crippen molar-refractivity contribution in [2.75, 3.05) is 6.26 Å². The van der Waals surface area contributed by atoms with Crippen molar-refractivity contribution in [3.05, 3.63) is 21.9 Å². The minimum Gasteiger partial charge on any atom is -0.353 e. The second-order valence-corrected chi connectivity index (χ2v) is 5.78. The Balaban J connectivity index is 3.28. The fraction of sp³-hybridized carbons (Fsp3) is 0.571. The Bertz CT molecular complexity index is 455. The minimum atomic E-state index is -0.0591. The van der Waals surface area contributed by atoms with Crippen LogP contribution in [0.15, 0.2) is 21.9 Å². The molecule has 0 fully saturated rings. The molecule has 1 rings (SSSR count). The number of nitriles is 1. The fourth-order valence-corrected chi connectivity index (χ4v) is 3.04. The summed E-state index contributed by atoms with van der Waals surface area (Å²) in [5.41, 5.74) is 2.35. The van der Waals surface area contributed by atoms with Crippen molar-refractivity contribution in [2.24, 2.45) is 11.8 Å². The standard InChI is InChI=1S/C14H20N2OS/c1-8(2)6-11-12(7-15)14(18-5)16-9(3)13(11)10(4)17/h8,11,16H,6H2,1-5H3/t11-/m1/s1. The van der Waals surface area contributed by atoms with Crippen LogP contribution >= 0.6 is 11.8 Å². The first-order chi connectivity index (χ1) is 8.42. The van der Waals surface area contributed by atoms with E-state index < -0.39 is 0 Å². The van der Waals surface area contributed by atoms with E-state index in [9.17, 15) is 10.1 Å². The maximum absolute atomic E-state index is 11.8. The monoisotopic (exact) mass is 264 g/mol. The predicted molar refractivity (Wildman–Crippen MR) is 75.6 cm³/mol. The summed E-state index contributed by atoms with van der Waals surface area (Å²) in [6, 6.07) is 2.28. The third-order valence-corrected chi connectivity index (χ3v) is 3.79. The van der Waals surface area contributed by atoms with E-state index in [2.05, 4.69) is 25.2 Å². The van der Waals surface area contributed by atoms with E-state index in [1.807, 2.05) is 13.2 Å². The van der Waals surface area contributed by atoms with Gasteiger partial charge in [0, 0.05) is 17.2 Å². The Morgan fingerprint density at radius 3 is 2.56 bits per heavy atom. The highest BCUT2D eigenvalue weighted by molar-refractivity contribution is 8.02. The lowest BCUT2D eigenvalue weighted by Crippen LogP contribution is -2.28. The summed E-state index contributed by atoms with van der Waals surface area (Å²) in [6.45, 7) is 7.72. The van der Waals surface area contributed by atoms with Crippen LogP contribution in [0.3, 0.4) is 0 Å². The van der Waals surface area contributed by atoms with Crippen molar-refractivity contribution >= 4 is 17.5 Å². The quantitative estimate of drug-likeness (QED) is 0.847. The number of carbonyl (C=O) groups excluding carboxylic acids is 1. The van der Waals surface area contributed by atoms with Crippen molar-refractivity contribution in [3.8, 4) is 6.07 Å². The molecule has 0 saturated heterocycles. The highest BCUT2D eigenvalue weighted by Gasteiger charge is 2.31. The van der Waals surface area contributed by atoms with Crippen LogP contribution in [0, 0.1) is 23.2 Å². The summed E-state index contributed by atoms with van der Waals surface area (Å²) in [7, 11) is 0. The molecule has 0 amide bonds. The molecular formula is C14H20N2OS. The zero-order valence-corrected chi connectivity index (χ0v) is 12.4. The number of carbonyl (C=O) groups is 1. The van der Waals surface area contributed by atoms with E-state index in [0.29, 0.717) is 11.5 Å². The van der Waals surface area contributed by atoms with Gasteiger partial charge in [-0.2, -0.15) is 5.26 Å². The van der Waals surface area contributed by atoms with E-state index in [-0.39, 0.29) is 11.7 Å². The number of allylic oxidation sites excluding steroid dienone is 3. The number of nitrogens with one attached hydrogen (secondary N) is 1. The van der Waals surface area contributed by atoms with Crippen LogP contribution in [-0.4, -0.2) is 12.0 Å². The lowest BCUT2D eigenvalue weighted by Gasteiger charge is -2.29. The van der Waals surface area contributed by atoms with Gasteiger partial charge in [-0.25, -0.2) is 0 Å². The minimum absolute atomic E-state index is 0.0542. The van der Waals surface area contributed by atoms with Crippen molar-refractivity contribution in [1.29, 1.82) is 5.26 Å². The van der Waals surface area contributed by atoms with Gasteiger partial charge < -0.3 is 5.32 Å².